The van der Waals surface area contributed by atoms with Crippen molar-refractivity contribution in [2.75, 3.05) is 19.9 Å². The van der Waals surface area contributed by atoms with Crippen LogP contribution in [-0.4, -0.2) is 25.1 Å². The second-order valence-electron chi connectivity index (χ2n) is 4.46. The van der Waals surface area contributed by atoms with E-state index in [0.29, 0.717) is 11.7 Å². The van der Waals surface area contributed by atoms with Crippen LogP contribution in [0.15, 0.2) is 18.2 Å². The summed E-state index contributed by atoms with van der Waals surface area (Å²) in [6.07, 6.45) is 2.36. The highest BCUT2D eigenvalue weighted by Crippen LogP contribution is 2.23. The zero-order chi connectivity index (χ0) is 12.8. The Labute approximate surface area is 105 Å². The summed E-state index contributed by atoms with van der Waals surface area (Å²) < 4.78 is 5.16. The molecule has 0 aliphatic heterocycles. The average molecular weight is 236 g/mol. The Morgan fingerprint density at radius 3 is 2.41 bits per heavy atom. The molecule has 1 rings (SSSR count). The summed E-state index contributed by atoms with van der Waals surface area (Å²) in [5, 5.41) is 0. The van der Waals surface area contributed by atoms with Crippen LogP contribution in [0.2, 0.25) is 0 Å². The number of nitrogens with zero attached hydrogens (tertiary/aromatic N) is 1. The molecular formula is C14H24N2O. The number of nitrogens with two attached hydrogens (primary N) is 1. The molecule has 1 aromatic rings. The topological polar surface area (TPSA) is 38.5 Å². The summed E-state index contributed by atoms with van der Waals surface area (Å²) in [6.45, 7) is 5.39. The maximum atomic E-state index is 5.91. The van der Waals surface area contributed by atoms with Crippen molar-refractivity contribution in [1.29, 1.82) is 0 Å². The first-order valence-corrected chi connectivity index (χ1v) is 6.24. The largest absolute Gasteiger partial charge is 0.495 e. The minimum absolute atomic E-state index is 0.637. The molecule has 1 aromatic carbocycles. The van der Waals surface area contributed by atoms with Crippen LogP contribution in [-0.2, 0) is 6.54 Å². The van der Waals surface area contributed by atoms with Gasteiger partial charge in [-0.3, -0.25) is 4.90 Å². The van der Waals surface area contributed by atoms with E-state index in [4.69, 9.17) is 10.5 Å². The zero-order valence-corrected chi connectivity index (χ0v) is 11.4. The zero-order valence-electron chi connectivity index (χ0n) is 11.4. The van der Waals surface area contributed by atoms with Gasteiger partial charge < -0.3 is 10.5 Å². The molecule has 0 spiro atoms. The summed E-state index contributed by atoms with van der Waals surface area (Å²) in [5.74, 6) is 0.749. The van der Waals surface area contributed by atoms with Gasteiger partial charge in [0, 0.05) is 12.6 Å². The van der Waals surface area contributed by atoms with Gasteiger partial charge in [0.1, 0.15) is 5.75 Å². The van der Waals surface area contributed by atoms with Crippen LogP contribution < -0.4 is 10.5 Å². The number of methoxy groups -OCH3 is 1. The number of hydrogen-bond donors (Lipinski definition) is 1. The van der Waals surface area contributed by atoms with E-state index in [2.05, 4.69) is 31.9 Å². The molecule has 0 amide bonds. The van der Waals surface area contributed by atoms with E-state index in [1.165, 1.54) is 18.4 Å². The fraction of sp³-hybridized carbons (Fsp3) is 0.571. The number of benzene rings is 1. The van der Waals surface area contributed by atoms with Gasteiger partial charge >= 0.3 is 0 Å². The number of hydrogen-bond acceptors (Lipinski definition) is 3. The van der Waals surface area contributed by atoms with E-state index >= 15 is 0 Å². The second kappa shape index (κ2) is 6.50. The lowest BCUT2D eigenvalue weighted by molar-refractivity contribution is 0.221. The molecule has 0 radical (unpaired) electrons. The molecule has 0 aliphatic rings. The average Bonchev–Trinajstić information content (AvgIpc) is 2.31. The van der Waals surface area contributed by atoms with E-state index in [0.717, 1.165) is 12.3 Å². The first-order valence-electron chi connectivity index (χ1n) is 6.24. The van der Waals surface area contributed by atoms with Crippen molar-refractivity contribution in [3.63, 3.8) is 0 Å². The normalized spacial score (nSPS) is 11.2. The van der Waals surface area contributed by atoms with Gasteiger partial charge in [-0.05, 0) is 37.6 Å². The smallest absolute Gasteiger partial charge is 0.141 e. The van der Waals surface area contributed by atoms with Crippen LogP contribution in [0.1, 0.15) is 32.3 Å². The van der Waals surface area contributed by atoms with Crippen molar-refractivity contribution in [3.8, 4) is 5.75 Å². The third-order valence-electron chi connectivity index (χ3n) is 3.29. The molecule has 0 bridgehead atoms. The first kappa shape index (κ1) is 13.8. The lowest BCUT2D eigenvalue weighted by atomic mass is 10.1. The lowest BCUT2D eigenvalue weighted by Crippen LogP contribution is -2.29. The van der Waals surface area contributed by atoms with E-state index in [9.17, 15) is 0 Å². The Hall–Kier alpha value is -1.22. The Balaban J connectivity index is 2.71. The maximum Gasteiger partial charge on any atom is 0.141 e. The van der Waals surface area contributed by atoms with Crippen LogP contribution in [0.4, 0.5) is 5.69 Å². The van der Waals surface area contributed by atoms with Crippen LogP contribution in [0.3, 0.4) is 0 Å². The number of anilines is 1. The van der Waals surface area contributed by atoms with Crippen molar-refractivity contribution in [1.82, 2.24) is 4.90 Å². The summed E-state index contributed by atoms with van der Waals surface area (Å²) in [5.41, 5.74) is 7.85. The molecule has 2 N–H and O–H groups in total. The van der Waals surface area contributed by atoms with Gasteiger partial charge in [0.15, 0.2) is 0 Å². The fourth-order valence-corrected chi connectivity index (χ4v) is 2.21. The molecule has 3 heteroatoms. The second-order valence-corrected chi connectivity index (χ2v) is 4.46. The van der Waals surface area contributed by atoms with E-state index in [1.807, 2.05) is 12.1 Å². The summed E-state index contributed by atoms with van der Waals surface area (Å²) in [6, 6.07) is 6.65. The monoisotopic (exact) mass is 236 g/mol. The Kier molecular flexibility index (Phi) is 5.29. The fourth-order valence-electron chi connectivity index (χ4n) is 2.21. The summed E-state index contributed by atoms with van der Waals surface area (Å²) >= 11 is 0. The highest BCUT2D eigenvalue weighted by molar-refractivity contribution is 5.54. The number of nitrogen functional groups attached to an aromatic ring is 1. The molecule has 0 heterocycles. The standard InChI is InChI=1S/C14H24N2O/c1-5-12(6-2)16(3)10-11-7-8-14(17-4)13(15)9-11/h7-9,12H,5-6,10,15H2,1-4H3. The summed E-state index contributed by atoms with van der Waals surface area (Å²) in [4.78, 5) is 2.38. The molecule has 3 nitrogen and oxygen atoms in total. The minimum Gasteiger partial charge on any atom is -0.495 e. The lowest BCUT2D eigenvalue weighted by Gasteiger charge is -2.26. The third-order valence-corrected chi connectivity index (χ3v) is 3.29. The molecule has 17 heavy (non-hydrogen) atoms. The van der Waals surface area contributed by atoms with Crippen LogP contribution >= 0.6 is 0 Å². The van der Waals surface area contributed by atoms with Crippen molar-refractivity contribution < 1.29 is 4.74 Å². The highest BCUT2D eigenvalue weighted by atomic mass is 16.5. The molecule has 0 aromatic heterocycles. The van der Waals surface area contributed by atoms with Gasteiger partial charge in [-0.25, -0.2) is 0 Å². The van der Waals surface area contributed by atoms with Gasteiger partial charge in [0.2, 0.25) is 0 Å². The van der Waals surface area contributed by atoms with Crippen LogP contribution in [0.25, 0.3) is 0 Å². The molecule has 96 valence electrons. The van der Waals surface area contributed by atoms with Gasteiger partial charge in [-0.1, -0.05) is 19.9 Å². The maximum absolute atomic E-state index is 5.91. The molecule has 0 atom stereocenters. The Bertz CT molecular complexity index is 348. The highest BCUT2D eigenvalue weighted by Gasteiger charge is 2.11. The minimum atomic E-state index is 0.637. The number of rotatable bonds is 6. The summed E-state index contributed by atoms with van der Waals surface area (Å²) in [7, 11) is 3.81. The van der Waals surface area contributed by atoms with E-state index < -0.39 is 0 Å². The van der Waals surface area contributed by atoms with Crippen molar-refractivity contribution >= 4 is 5.69 Å². The van der Waals surface area contributed by atoms with Crippen molar-refractivity contribution in [2.24, 2.45) is 0 Å². The Morgan fingerprint density at radius 2 is 1.94 bits per heavy atom. The van der Waals surface area contributed by atoms with Crippen molar-refractivity contribution in [3.05, 3.63) is 23.8 Å². The molecule has 0 aliphatic carbocycles. The van der Waals surface area contributed by atoms with Crippen molar-refractivity contribution in [2.45, 2.75) is 39.3 Å². The van der Waals surface area contributed by atoms with Gasteiger partial charge in [-0.15, -0.1) is 0 Å². The van der Waals surface area contributed by atoms with E-state index in [1.54, 1.807) is 7.11 Å². The molecule has 0 saturated heterocycles. The van der Waals surface area contributed by atoms with E-state index in [-0.39, 0.29) is 0 Å². The predicted octanol–water partition coefficient (Wildman–Crippen LogP) is 2.90. The van der Waals surface area contributed by atoms with Crippen LogP contribution in [0.5, 0.6) is 5.75 Å². The van der Waals surface area contributed by atoms with Gasteiger partial charge in [0.05, 0.1) is 12.8 Å². The first-order chi connectivity index (χ1) is 8.12. The number of ether oxygens (including phenoxy) is 1. The molecule has 0 fully saturated rings. The third kappa shape index (κ3) is 3.63. The molecule has 0 saturated carbocycles. The van der Waals surface area contributed by atoms with Crippen LogP contribution in [0, 0.1) is 0 Å². The molecule has 0 unspecified atom stereocenters. The molecular weight excluding hydrogens is 212 g/mol. The predicted molar refractivity (Wildman–Crippen MR) is 73.2 cm³/mol. The SMILES string of the molecule is CCC(CC)N(C)Cc1ccc(OC)c(N)c1. The quantitative estimate of drug-likeness (QED) is 0.772. The van der Waals surface area contributed by atoms with Gasteiger partial charge in [0.25, 0.3) is 0 Å². The van der Waals surface area contributed by atoms with Gasteiger partial charge in [-0.2, -0.15) is 0 Å². The Morgan fingerprint density at radius 1 is 1.29 bits per heavy atom.